The molecule has 0 nitrogen and oxygen atoms in total. The van der Waals surface area contributed by atoms with E-state index >= 15 is 0 Å². The van der Waals surface area contributed by atoms with Gasteiger partial charge in [0.25, 0.3) is 0 Å². The number of hydrogen-bond acceptors (Lipinski definition) is 1. The van der Waals surface area contributed by atoms with Crippen LogP contribution in [0.2, 0.25) is 0 Å². The molecule has 0 saturated carbocycles. The van der Waals surface area contributed by atoms with Gasteiger partial charge in [0.2, 0.25) is 6.17 Å². The maximum Gasteiger partial charge on any atom is 0.420 e. The fourth-order valence-corrected chi connectivity index (χ4v) is 0.722. The highest BCUT2D eigenvalue weighted by atomic mass is 32.2. The molecule has 0 aromatic heterocycles. The Morgan fingerprint density at radius 3 is 2.00 bits per heavy atom. The molecule has 0 saturated heterocycles. The summed E-state index contributed by atoms with van der Waals surface area (Å²) in [6, 6.07) is 0. The topological polar surface area (TPSA) is 0 Å². The molecule has 5 heteroatoms. The smallest absolute Gasteiger partial charge is 0.237 e. The SMILES string of the molecule is CSCC(F)C(F)(F)F. The van der Waals surface area contributed by atoms with E-state index in [-0.39, 0.29) is 0 Å². The van der Waals surface area contributed by atoms with E-state index in [1.165, 1.54) is 6.26 Å². The van der Waals surface area contributed by atoms with Gasteiger partial charge in [-0.3, -0.25) is 0 Å². The first kappa shape index (κ1) is 9.07. The Kier molecular flexibility index (Phi) is 3.32. The molecule has 0 spiro atoms. The van der Waals surface area contributed by atoms with Gasteiger partial charge in [0.1, 0.15) is 0 Å². The second-order valence-corrected chi connectivity index (χ2v) is 2.38. The van der Waals surface area contributed by atoms with Crippen molar-refractivity contribution in [3.05, 3.63) is 0 Å². The lowest BCUT2D eigenvalue weighted by Gasteiger charge is -2.09. The number of hydrogen-bond donors (Lipinski definition) is 0. The Balaban J connectivity index is 3.59. The Morgan fingerprint density at radius 2 is 1.89 bits per heavy atom. The van der Waals surface area contributed by atoms with Gasteiger partial charge >= 0.3 is 6.18 Å². The molecular weight excluding hydrogens is 156 g/mol. The first-order valence-electron chi connectivity index (χ1n) is 2.18. The van der Waals surface area contributed by atoms with Gasteiger partial charge in [0, 0.05) is 5.75 Å². The molecular formula is C4H6F4S. The number of rotatable bonds is 2. The zero-order valence-corrected chi connectivity index (χ0v) is 5.52. The third kappa shape index (κ3) is 3.61. The van der Waals surface area contributed by atoms with Crippen LogP contribution in [0.4, 0.5) is 17.6 Å². The summed E-state index contributed by atoms with van der Waals surface area (Å²) in [6.45, 7) is 0. The molecule has 0 aliphatic rings. The molecule has 0 aliphatic carbocycles. The minimum absolute atomic E-state index is 0.510. The number of halogens is 4. The van der Waals surface area contributed by atoms with Crippen molar-refractivity contribution < 1.29 is 17.6 Å². The van der Waals surface area contributed by atoms with Crippen molar-refractivity contribution in [2.75, 3.05) is 12.0 Å². The normalized spacial score (nSPS) is 15.7. The van der Waals surface area contributed by atoms with Gasteiger partial charge in [-0.05, 0) is 6.26 Å². The molecule has 1 atom stereocenters. The van der Waals surface area contributed by atoms with Crippen molar-refractivity contribution in [3.63, 3.8) is 0 Å². The highest BCUT2D eigenvalue weighted by molar-refractivity contribution is 7.98. The fraction of sp³-hybridized carbons (Fsp3) is 1.00. The van der Waals surface area contributed by atoms with Gasteiger partial charge < -0.3 is 0 Å². The molecule has 0 N–H and O–H groups in total. The lowest BCUT2D eigenvalue weighted by molar-refractivity contribution is -0.173. The van der Waals surface area contributed by atoms with E-state index in [4.69, 9.17) is 0 Å². The summed E-state index contributed by atoms with van der Waals surface area (Å²) in [5.41, 5.74) is 0. The fourth-order valence-electron chi connectivity index (χ4n) is 0.241. The first-order valence-corrected chi connectivity index (χ1v) is 3.57. The highest BCUT2D eigenvalue weighted by Crippen LogP contribution is 2.24. The molecule has 0 aromatic rings. The van der Waals surface area contributed by atoms with E-state index in [1.807, 2.05) is 0 Å². The monoisotopic (exact) mass is 162 g/mol. The zero-order chi connectivity index (χ0) is 7.49. The van der Waals surface area contributed by atoms with Crippen LogP contribution in [0.25, 0.3) is 0 Å². The predicted octanol–water partition coefficient (Wildman–Crippen LogP) is 2.25. The standard InChI is InChI=1S/C4H6F4S/c1-9-2-3(5)4(6,7)8/h3H,2H2,1H3. The molecule has 0 heterocycles. The molecule has 9 heavy (non-hydrogen) atoms. The van der Waals surface area contributed by atoms with Gasteiger partial charge in [-0.1, -0.05) is 0 Å². The zero-order valence-electron chi connectivity index (χ0n) is 4.70. The number of alkyl halides is 4. The quantitative estimate of drug-likeness (QED) is 0.561. The Bertz CT molecular complexity index is 79.1. The van der Waals surface area contributed by atoms with Crippen LogP contribution in [-0.4, -0.2) is 24.4 Å². The van der Waals surface area contributed by atoms with Crippen molar-refractivity contribution in [2.45, 2.75) is 12.3 Å². The minimum atomic E-state index is -4.68. The second kappa shape index (κ2) is 3.29. The molecule has 0 bridgehead atoms. The average molecular weight is 162 g/mol. The van der Waals surface area contributed by atoms with Gasteiger partial charge in [0.15, 0.2) is 0 Å². The van der Waals surface area contributed by atoms with Crippen molar-refractivity contribution >= 4 is 11.8 Å². The van der Waals surface area contributed by atoms with Gasteiger partial charge in [-0.15, -0.1) is 0 Å². The summed E-state index contributed by atoms with van der Waals surface area (Å²) < 4.78 is 45.5. The molecule has 0 aromatic carbocycles. The summed E-state index contributed by atoms with van der Waals surface area (Å²) in [7, 11) is 0. The van der Waals surface area contributed by atoms with Gasteiger partial charge in [-0.25, -0.2) is 4.39 Å². The predicted molar refractivity (Wildman–Crippen MR) is 29.3 cm³/mol. The minimum Gasteiger partial charge on any atom is -0.237 e. The lowest BCUT2D eigenvalue weighted by Crippen LogP contribution is -2.26. The third-order valence-electron chi connectivity index (χ3n) is 0.668. The van der Waals surface area contributed by atoms with Crippen LogP contribution in [0, 0.1) is 0 Å². The lowest BCUT2D eigenvalue weighted by atomic mass is 10.4. The van der Waals surface area contributed by atoms with Crippen LogP contribution in [0.3, 0.4) is 0 Å². The Hall–Kier alpha value is 0.0700. The summed E-state index contributed by atoms with van der Waals surface area (Å²) in [6.07, 6.45) is -5.92. The summed E-state index contributed by atoms with van der Waals surface area (Å²) in [4.78, 5) is 0. The third-order valence-corrected chi connectivity index (χ3v) is 1.29. The number of thioether (sulfide) groups is 1. The van der Waals surface area contributed by atoms with E-state index in [0.717, 1.165) is 11.8 Å². The molecule has 0 fully saturated rings. The van der Waals surface area contributed by atoms with Crippen LogP contribution >= 0.6 is 11.8 Å². The highest BCUT2D eigenvalue weighted by Gasteiger charge is 2.39. The summed E-state index contributed by atoms with van der Waals surface area (Å²) in [5, 5.41) is 0. The molecule has 0 amide bonds. The maximum atomic E-state index is 11.8. The van der Waals surface area contributed by atoms with Crippen LogP contribution in [-0.2, 0) is 0 Å². The van der Waals surface area contributed by atoms with E-state index in [9.17, 15) is 17.6 Å². The van der Waals surface area contributed by atoms with E-state index < -0.39 is 18.1 Å². The molecule has 0 radical (unpaired) electrons. The van der Waals surface area contributed by atoms with Crippen molar-refractivity contribution in [1.29, 1.82) is 0 Å². The first-order chi connectivity index (χ1) is 3.98. The van der Waals surface area contributed by atoms with Gasteiger partial charge in [-0.2, -0.15) is 24.9 Å². The van der Waals surface area contributed by atoms with E-state index in [2.05, 4.69) is 0 Å². The largest absolute Gasteiger partial charge is 0.420 e. The second-order valence-electron chi connectivity index (χ2n) is 1.46. The van der Waals surface area contributed by atoms with Crippen LogP contribution in [0.15, 0.2) is 0 Å². The molecule has 56 valence electrons. The summed E-state index contributed by atoms with van der Waals surface area (Å²) in [5.74, 6) is -0.510. The molecule has 1 unspecified atom stereocenters. The summed E-state index contributed by atoms with van der Waals surface area (Å²) >= 11 is 0.842. The Morgan fingerprint density at radius 1 is 1.44 bits per heavy atom. The van der Waals surface area contributed by atoms with Crippen molar-refractivity contribution in [2.24, 2.45) is 0 Å². The van der Waals surface area contributed by atoms with Crippen LogP contribution in [0.1, 0.15) is 0 Å². The molecule has 0 rings (SSSR count). The van der Waals surface area contributed by atoms with E-state index in [1.54, 1.807) is 0 Å². The maximum absolute atomic E-state index is 11.8. The van der Waals surface area contributed by atoms with Crippen LogP contribution in [0.5, 0.6) is 0 Å². The van der Waals surface area contributed by atoms with E-state index in [0.29, 0.717) is 0 Å². The van der Waals surface area contributed by atoms with Crippen molar-refractivity contribution in [1.82, 2.24) is 0 Å². The van der Waals surface area contributed by atoms with Crippen molar-refractivity contribution in [3.8, 4) is 0 Å². The average Bonchev–Trinajstić information content (AvgIpc) is 1.64. The van der Waals surface area contributed by atoms with Crippen LogP contribution < -0.4 is 0 Å². The molecule has 0 aliphatic heterocycles. The van der Waals surface area contributed by atoms with Gasteiger partial charge in [0.05, 0.1) is 0 Å². The Labute approximate surface area is 54.6 Å².